The maximum absolute atomic E-state index is 12.3. The molecule has 1 amide bonds. The van der Waals surface area contributed by atoms with Gasteiger partial charge in [0.05, 0.1) is 4.88 Å². The molecule has 0 radical (unpaired) electrons. The number of hydrogen-bond donors (Lipinski definition) is 1. The maximum Gasteiger partial charge on any atom is 0.329 e. The number of Topliss-reactive ketones (excluding diaryl/α,β-unsaturated/α-hetero) is 1. The Hall–Kier alpha value is -1.83. The molecule has 0 fully saturated rings. The molecular formula is C18H18ClNO4S2. The van der Waals surface area contributed by atoms with E-state index in [9.17, 15) is 14.4 Å². The Labute approximate surface area is 165 Å². The fraction of sp³-hybridized carbons (Fsp3) is 0.278. The van der Waals surface area contributed by atoms with Crippen molar-refractivity contribution in [2.45, 2.75) is 12.5 Å². The molecule has 1 N–H and O–H groups in total. The maximum atomic E-state index is 12.3. The molecule has 5 nitrogen and oxygen atoms in total. The molecule has 0 aliphatic carbocycles. The second kappa shape index (κ2) is 10.4. The second-order valence-electron chi connectivity index (χ2n) is 5.32. The molecular weight excluding hydrogens is 394 g/mol. The van der Waals surface area contributed by atoms with Gasteiger partial charge in [0.15, 0.2) is 6.61 Å². The van der Waals surface area contributed by atoms with Gasteiger partial charge in [-0.25, -0.2) is 4.79 Å². The number of thioether (sulfide) groups is 1. The van der Waals surface area contributed by atoms with Gasteiger partial charge in [-0.15, -0.1) is 11.3 Å². The van der Waals surface area contributed by atoms with E-state index in [1.807, 2.05) is 6.26 Å². The van der Waals surface area contributed by atoms with Crippen LogP contribution < -0.4 is 5.32 Å². The van der Waals surface area contributed by atoms with Crippen LogP contribution in [0.1, 0.15) is 26.5 Å². The van der Waals surface area contributed by atoms with E-state index in [0.717, 1.165) is 0 Å². The number of benzene rings is 1. The number of thiophene rings is 1. The number of hydrogen-bond acceptors (Lipinski definition) is 6. The topological polar surface area (TPSA) is 72.5 Å². The summed E-state index contributed by atoms with van der Waals surface area (Å²) >= 11 is 8.66. The van der Waals surface area contributed by atoms with Crippen LogP contribution in [0.25, 0.3) is 0 Å². The van der Waals surface area contributed by atoms with E-state index < -0.39 is 17.9 Å². The van der Waals surface area contributed by atoms with Gasteiger partial charge >= 0.3 is 5.97 Å². The second-order valence-corrected chi connectivity index (χ2v) is 7.69. The summed E-state index contributed by atoms with van der Waals surface area (Å²) in [6, 6.07) is 8.98. The highest BCUT2D eigenvalue weighted by molar-refractivity contribution is 7.98. The molecule has 138 valence electrons. The highest BCUT2D eigenvalue weighted by Crippen LogP contribution is 2.12. The number of ether oxygens (including phenoxy) is 1. The van der Waals surface area contributed by atoms with E-state index in [2.05, 4.69) is 5.32 Å². The van der Waals surface area contributed by atoms with Gasteiger partial charge < -0.3 is 10.1 Å². The number of carbonyl (C=O) groups is 3. The van der Waals surface area contributed by atoms with E-state index in [-0.39, 0.29) is 12.4 Å². The number of halogens is 1. The standard InChI is InChI=1S/C18H18ClNO4S2/c1-25-10-8-14(20-17(22)12-4-6-13(19)7-5-12)18(23)24-11-15(21)16-3-2-9-26-16/h2-7,9,14H,8,10-11H2,1H3,(H,20,22)/t14-/m0/s1. The molecule has 26 heavy (non-hydrogen) atoms. The van der Waals surface area contributed by atoms with Crippen LogP contribution in [0.5, 0.6) is 0 Å². The Morgan fingerprint density at radius 3 is 2.58 bits per heavy atom. The zero-order valence-corrected chi connectivity index (χ0v) is 16.5. The van der Waals surface area contributed by atoms with Crippen LogP contribution in [0.15, 0.2) is 41.8 Å². The predicted octanol–water partition coefficient (Wildman–Crippen LogP) is 3.68. The van der Waals surface area contributed by atoms with Gasteiger partial charge in [0.25, 0.3) is 5.91 Å². The van der Waals surface area contributed by atoms with Crippen LogP contribution in [0, 0.1) is 0 Å². The monoisotopic (exact) mass is 411 g/mol. The predicted molar refractivity (Wildman–Crippen MR) is 105 cm³/mol. The van der Waals surface area contributed by atoms with Gasteiger partial charge in [-0.3, -0.25) is 9.59 Å². The van der Waals surface area contributed by atoms with Crippen LogP contribution in [0.4, 0.5) is 0 Å². The Bertz CT molecular complexity index is 747. The van der Waals surface area contributed by atoms with Crippen LogP contribution in [-0.4, -0.2) is 42.3 Å². The van der Waals surface area contributed by atoms with E-state index in [1.165, 1.54) is 11.3 Å². The van der Waals surface area contributed by atoms with Crippen LogP contribution in [0.3, 0.4) is 0 Å². The smallest absolute Gasteiger partial charge is 0.329 e. The normalized spacial score (nSPS) is 11.6. The molecule has 0 aliphatic heterocycles. The minimum atomic E-state index is -0.818. The first-order valence-electron chi connectivity index (χ1n) is 7.80. The SMILES string of the molecule is CSCC[C@H](NC(=O)c1ccc(Cl)cc1)C(=O)OCC(=O)c1cccs1. The summed E-state index contributed by atoms with van der Waals surface area (Å²) in [7, 11) is 0. The molecule has 2 rings (SSSR count). The number of ketones is 1. The van der Waals surface area contributed by atoms with Crippen molar-refractivity contribution < 1.29 is 19.1 Å². The number of rotatable bonds is 9. The molecule has 2 aromatic rings. The third-order valence-electron chi connectivity index (χ3n) is 3.45. The average Bonchev–Trinajstić information content (AvgIpc) is 3.18. The van der Waals surface area contributed by atoms with Gasteiger partial charge in [0.1, 0.15) is 6.04 Å². The quantitative estimate of drug-likeness (QED) is 0.503. The summed E-state index contributed by atoms with van der Waals surface area (Å²) in [5, 5.41) is 4.97. The lowest BCUT2D eigenvalue weighted by Crippen LogP contribution is -2.42. The zero-order chi connectivity index (χ0) is 18.9. The number of amides is 1. The average molecular weight is 412 g/mol. The van der Waals surface area contributed by atoms with Crippen molar-refractivity contribution in [2.75, 3.05) is 18.6 Å². The highest BCUT2D eigenvalue weighted by atomic mass is 35.5. The molecule has 0 aliphatic rings. The van der Waals surface area contributed by atoms with Gasteiger partial charge in [0, 0.05) is 10.6 Å². The van der Waals surface area contributed by atoms with Crippen molar-refractivity contribution >= 4 is 52.4 Å². The Morgan fingerprint density at radius 2 is 1.96 bits per heavy atom. The van der Waals surface area contributed by atoms with Crippen molar-refractivity contribution in [1.29, 1.82) is 0 Å². The molecule has 0 bridgehead atoms. The first-order chi connectivity index (χ1) is 12.5. The van der Waals surface area contributed by atoms with Crippen molar-refractivity contribution in [3.05, 3.63) is 57.2 Å². The molecule has 1 heterocycles. The molecule has 0 unspecified atom stereocenters. The molecule has 1 aromatic heterocycles. The van der Waals surface area contributed by atoms with Crippen molar-refractivity contribution in [2.24, 2.45) is 0 Å². The first kappa shape index (κ1) is 20.5. The molecule has 0 saturated carbocycles. The summed E-state index contributed by atoms with van der Waals surface area (Å²) < 4.78 is 5.12. The van der Waals surface area contributed by atoms with Crippen molar-refractivity contribution in [1.82, 2.24) is 5.32 Å². The first-order valence-corrected chi connectivity index (χ1v) is 10.4. The van der Waals surface area contributed by atoms with Gasteiger partial charge in [-0.1, -0.05) is 17.7 Å². The van der Waals surface area contributed by atoms with Crippen LogP contribution in [0.2, 0.25) is 5.02 Å². The Morgan fingerprint density at radius 1 is 1.23 bits per heavy atom. The minimum absolute atomic E-state index is 0.263. The number of esters is 1. The molecule has 0 spiro atoms. The molecule has 8 heteroatoms. The lowest BCUT2D eigenvalue weighted by Gasteiger charge is -2.17. The Kier molecular flexibility index (Phi) is 8.15. The lowest BCUT2D eigenvalue weighted by molar-refractivity contribution is -0.144. The fourth-order valence-corrected chi connectivity index (χ4v) is 3.32. The molecule has 0 saturated heterocycles. The van der Waals surface area contributed by atoms with E-state index in [0.29, 0.717) is 27.6 Å². The van der Waals surface area contributed by atoms with Gasteiger partial charge in [0.2, 0.25) is 5.78 Å². The fourth-order valence-electron chi connectivity index (χ4n) is 2.07. The molecule has 1 atom stereocenters. The minimum Gasteiger partial charge on any atom is -0.456 e. The van der Waals surface area contributed by atoms with E-state index >= 15 is 0 Å². The summed E-state index contributed by atoms with van der Waals surface area (Å²) in [4.78, 5) is 37.1. The van der Waals surface area contributed by atoms with Crippen LogP contribution >= 0.6 is 34.7 Å². The van der Waals surface area contributed by atoms with Crippen molar-refractivity contribution in [3.63, 3.8) is 0 Å². The third-order valence-corrected chi connectivity index (χ3v) is 5.26. The highest BCUT2D eigenvalue weighted by Gasteiger charge is 2.23. The lowest BCUT2D eigenvalue weighted by atomic mass is 10.1. The number of carbonyl (C=O) groups excluding carboxylic acids is 3. The largest absolute Gasteiger partial charge is 0.456 e. The summed E-state index contributed by atoms with van der Waals surface area (Å²) in [5.74, 6) is -0.610. The molecule has 1 aromatic carbocycles. The summed E-state index contributed by atoms with van der Waals surface area (Å²) in [5.41, 5.74) is 0.394. The van der Waals surface area contributed by atoms with Crippen molar-refractivity contribution in [3.8, 4) is 0 Å². The van der Waals surface area contributed by atoms with E-state index in [1.54, 1.807) is 53.5 Å². The van der Waals surface area contributed by atoms with Crippen LogP contribution in [-0.2, 0) is 9.53 Å². The summed E-state index contributed by atoms with van der Waals surface area (Å²) in [6.45, 7) is -0.341. The zero-order valence-electron chi connectivity index (χ0n) is 14.1. The van der Waals surface area contributed by atoms with Gasteiger partial charge in [-0.05, 0) is 54.1 Å². The summed E-state index contributed by atoms with van der Waals surface area (Å²) in [6.07, 6.45) is 2.32. The third kappa shape index (κ3) is 6.16. The van der Waals surface area contributed by atoms with Gasteiger partial charge in [-0.2, -0.15) is 11.8 Å². The Balaban J connectivity index is 1.96. The number of nitrogens with one attached hydrogen (secondary N) is 1. The van der Waals surface area contributed by atoms with E-state index in [4.69, 9.17) is 16.3 Å².